The fourth-order valence-electron chi connectivity index (χ4n) is 2.27. The van der Waals surface area contributed by atoms with Gasteiger partial charge in [0.25, 0.3) is 0 Å². The highest BCUT2D eigenvalue weighted by Gasteiger charge is 2.18. The van der Waals surface area contributed by atoms with Crippen molar-refractivity contribution in [3.63, 3.8) is 0 Å². The molecule has 0 aliphatic heterocycles. The summed E-state index contributed by atoms with van der Waals surface area (Å²) in [6, 6.07) is 5.60. The van der Waals surface area contributed by atoms with Crippen molar-refractivity contribution >= 4 is 35.1 Å². The summed E-state index contributed by atoms with van der Waals surface area (Å²) in [5.74, 6) is 0.448. The summed E-state index contributed by atoms with van der Waals surface area (Å²) >= 11 is 7.39. The molecule has 1 N–H and O–H groups in total. The van der Waals surface area contributed by atoms with E-state index >= 15 is 0 Å². The van der Waals surface area contributed by atoms with Crippen molar-refractivity contribution in [3.8, 4) is 0 Å². The molecule has 0 unspecified atom stereocenters. The van der Waals surface area contributed by atoms with Crippen molar-refractivity contribution in [2.45, 2.75) is 44.8 Å². The molecule has 1 atom stereocenters. The lowest BCUT2D eigenvalue weighted by atomic mass is 10.0. The van der Waals surface area contributed by atoms with Gasteiger partial charge in [0.2, 0.25) is 5.91 Å². The third-order valence-corrected chi connectivity index (χ3v) is 5.58. The number of carbonyl (C=O) groups is 1. The highest BCUT2D eigenvalue weighted by molar-refractivity contribution is 8.00. The Kier molecular flexibility index (Phi) is 5.71. The van der Waals surface area contributed by atoms with E-state index in [2.05, 4.69) is 44.1 Å². The van der Waals surface area contributed by atoms with E-state index in [1.807, 2.05) is 6.92 Å². The summed E-state index contributed by atoms with van der Waals surface area (Å²) in [4.78, 5) is 17.7. The molecule has 23 heavy (non-hydrogen) atoms. The van der Waals surface area contributed by atoms with Crippen molar-refractivity contribution in [2.75, 3.05) is 5.32 Å². The van der Waals surface area contributed by atoms with Crippen molar-refractivity contribution in [1.29, 1.82) is 0 Å². The van der Waals surface area contributed by atoms with Gasteiger partial charge in [-0.15, -0.1) is 11.8 Å². The molecule has 1 heterocycles. The molecule has 0 saturated heterocycles. The first-order chi connectivity index (χ1) is 10.8. The Labute approximate surface area is 146 Å². The van der Waals surface area contributed by atoms with Crippen LogP contribution in [0.3, 0.4) is 0 Å². The number of pyridine rings is 1. The smallest absolute Gasteiger partial charge is 0.238 e. The van der Waals surface area contributed by atoms with Crippen LogP contribution in [0.2, 0.25) is 5.02 Å². The molecule has 0 saturated carbocycles. The Morgan fingerprint density at radius 3 is 2.30 bits per heavy atom. The standard InChI is InChI=1S/C18H21ClN2OS/c1-10-8-11(2)13(4)17(12(10)3)23-14(5)18(22)21-16-7-6-15(19)9-20-16/h6-9,14H,1-5H3,(H,20,21,22)/t14-/m1/s1. The second-order valence-corrected chi connectivity index (χ2v) is 7.49. The normalized spacial score (nSPS) is 12.1. The van der Waals surface area contributed by atoms with Crippen LogP contribution in [0.5, 0.6) is 0 Å². The SMILES string of the molecule is Cc1cc(C)c(C)c(S[C@H](C)C(=O)Nc2ccc(Cl)cn2)c1C. The van der Waals surface area contributed by atoms with Crippen LogP contribution >= 0.6 is 23.4 Å². The van der Waals surface area contributed by atoms with Crippen LogP contribution in [-0.2, 0) is 4.79 Å². The fourth-order valence-corrected chi connectivity index (χ4v) is 3.57. The third kappa shape index (κ3) is 4.27. The van der Waals surface area contributed by atoms with E-state index in [9.17, 15) is 4.79 Å². The predicted octanol–water partition coefficient (Wildman–Crippen LogP) is 5.09. The topological polar surface area (TPSA) is 42.0 Å². The van der Waals surface area contributed by atoms with Crippen LogP contribution < -0.4 is 5.32 Å². The first kappa shape index (κ1) is 17.8. The molecule has 0 aliphatic rings. The van der Waals surface area contributed by atoms with Gasteiger partial charge in [0.05, 0.1) is 10.3 Å². The molecule has 1 aromatic carbocycles. The minimum Gasteiger partial charge on any atom is -0.310 e. The van der Waals surface area contributed by atoms with Gasteiger partial charge in [-0.2, -0.15) is 0 Å². The molecular weight excluding hydrogens is 328 g/mol. The minimum absolute atomic E-state index is 0.0669. The quantitative estimate of drug-likeness (QED) is 0.782. The van der Waals surface area contributed by atoms with Crippen molar-refractivity contribution in [1.82, 2.24) is 4.98 Å². The van der Waals surface area contributed by atoms with Gasteiger partial charge in [-0.1, -0.05) is 17.7 Å². The third-order valence-electron chi connectivity index (χ3n) is 3.94. The van der Waals surface area contributed by atoms with Crippen molar-refractivity contribution in [3.05, 3.63) is 51.7 Å². The van der Waals surface area contributed by atoms with Gasteiger partial charge in [0, 0.05) is 11.1 Å². The van der Waals surface area contributed by atoms with E-state index in [-0.39, 0.29) is 11.2 Å². The molecule has 0 bridgehead atoms. The lowest BCUT2D eigenvalue weighted by molar-refractivity contribution is -0.115. The van der Waals surface area contributed by atoms with Gasteiger partial charge in [0.1, 0.15) is 5.82 Å². The molecule has 0 aliphatic carbocycles. The number of hydrogen-bond acceptors (Lipinski definition) is 3. The average Bonchev–Trinajstić information content (AvgIpc) is 2.51. The van der Waals surface area contributed by atoms with Gasteiger partial charge in [-0.25, -0.2) is 4.98 Å². The van der Waals surface area contributed by atoms with Gasteiger partial charge in [-0.3, -0.25) is 4.79 Å². The number of halogens is 1. The molecular formula is C18H21ClN2OS. The van der Waals surface area contributed by atoms with Crippen LogP contribution in [0.25, 0.3) is 0 Å². The molecule has 0 fully saturated rings. The number of thioether (sulfide) groups is 1. The van der Waals surface area contributed by atoms with Crippen molar-refractivity contribution in [2.24, 2.45) is 0 Å². The second kappa shape index (κ2) is 7.37. The van der Waals surface area contributed by atoms with Gasteiger partial charge >= 0.3 is 0 Å². The largest absolute Gasteiger partial charge is 0.310 e. The molecule has 1 aromatic heterocycles. The number of nitrogens with one attached hydrogen (secondary N) is 1. The predicted molar refractivity (Wildman–Crippen MR) is 98.6 cm³/mol. The van der Waals surface area contributed by atoms with E-state index in [1.54, 1.807) is 23.9 Å². The Balaban J connectivity index is 2.14. The van der Waals surface area contributed by atoms with Crippen molar-refractivity contribution < 1.29 is 4.79 Å². The Morgan fingerprint density at radius 2 is 1.78 bits per heavy atom. The van der Waals surface area contributed by atoms with Crippen LogP contribution in [0.15, 0.2) is 29.3 Å². The van der Waals surface area contributed by atoms with Crippen LogP contribution in [0, 0.1) is 27.7 Å². The Hall–Kier alpha value is -1.52. The summed E-state index contributed by atoms with van der Waals surface area (Å²) in [6.07, 6.45) is 1.52. The molecule has 1 amide bonds. The lowest BCUT2D eigenvalue weighted by Gasteiger charge is -2.18. The highest BCUT2D eigenvalue weighted by atomic mass is 35.5. The number of aromatic nitrogens is 1. The molecule has 122 valence electrons. The van der Waals surface area contributed by atoms with Crippen LogP contribution in [-0.4, -0.2) is 16.1 Å². The maximum atomic E-state index is 12.4. The zero-order valence-electron chi connectivity index (χ0n) is 14.0. The first-order valence-corrected chi connectivity index (χ1v) is 8.72. The fraction of sp³-hybridized carbons (Fsp3) is 0.333. The summed E-state index contributed by atoms with van der Waals surface area (Å²) in [7, 11) is 0. The van der Waals surface area contributed by atoms with Gasteiger partial charge < -0.3 is 5.32 Å². The Morgan fingerprint density at radius 1 is 1.17 bits per heavy atom. The summed E-state index contributed by atoms with van der Waals surface area (Å²) in [5, 5.41) is 3.16. The van der Waals surface area contributed by atoms with Crippen LogP contribution in [0.4, 0.5) is 5.82 Å². The number of hydrogen-bond donors (Lipinski definition) is 1. The number of rotatable bonds is 4. The maximum Gasteiger partial charge on any atom is 0.238 e. The van der Waals surface area contributed by atoms with E-state index < -0.39 is 0 Å². The minimum atomic E-state index is -0.217. The Bertz CT molecular complexity index is 703. The summed E-state index contributed by atoms with van der Waals surface area (Å²) < 4.78 is 0. The monoisotopic (exact) mass is 348 g/mol. The number of benzene rings is 1. The lowest BCUT2D eigenvalue weighted by Crippen LogP contribution is -2.23. The number of nitrogens with zero attached hydrogens (tertiary/aromatic N) is 1. The van der Waals surface area contributed by atoms with Gasteiger partial charge in [0.15, 0.2) is 0 Å². The summed E-state index contributed by atoms with van der Waals surface area (Å²) in [6.45, 7) is 10.3. The average molecular weight is 349 g/mol. The number of anilines is 1. The molecule has 3 nitrogen and oxygen atoms in total. The summed E-state index contributed by atoms with van der Waals surface area (Å²) in [5.41, 5.74) is 4.98. The highest BCUT2D eigenvalue weighted by Crippen LogP contribution is 2.33. The molecule has 0 spiro atoms. The maximum absolute atomic E-state index is 12.4. The molecule has 2 rings (SSSR count). The number of amides is 1. The van der Waals surface area contributed by atoms with E-state index in [0.717, 1.165) is 0 Å². The second-order valence-electron chi connectivity index (χ2n) is 5.70. The van der Waals surface area contributed by atoms with Crippen LogP contribution in [0.1, 0.15) is 29.2 Å². The zero-order valence-corrected chi connectivity index (χ0v) is 15.6. The zero-order chi connectivity index (χ0) is 17.1. The molecule has 5 heteroatoms. The molecule has 2 aromatic rings. The van der Waals surface area contributed by atoms with E-state index in [4.69, 9.17) is 11.6 Å². The first-order valence-electron chi connectivity index (χ1n) is 7.46. The number of aryl methyl sites for hydroxylation is 2. The van der Waals surface area contributed by atoms with E-state index in [0.29, 0.717) is 10.8 Å². The molecule has 0 radical (unpaired) electrons. The van der Waals surface area contributed by atoms with Gasteiger partial charge in [-0.05, 0) is 69.0 Å². The van der Waals surface area contributed by atoms with E-state index in [1.165, 1.54) is 33.3 Å². The number of carbonyl (C=O) groups excluding carboxylic acids is 1.